The standard InChI is InChI=1S/C50H46N4O/c1-32-16-22-35(23-17-32)48-42-13-7-4-10-38(51-42)39-11-5-8-14-43(52-39)49(36-24-18-33(2)19-25-36)46-30-31-47(55-46)50(37-26-20-34(3)21-27-37)44-15-9-6-12-40(53-44)41-28-29-45(48)54-41/h4-31,38-40,42-44,51-53H,1-3H3/b48-45-,49-46-,50-47-. The molecule has 0 saturated heterocycles. The number of furan rings is 1. The molecule has 5 heteroatoms. The maximum atomic E-state index is 7.07. The molecule has 4 aromatic rings. The Balaban J connectivity index is 1.29. The summed E-state index contributed by atoms with van der Waals surface area (Å²) >= 11 is 0. The Morgan fingerprint density at radius 3 is 1.31 bits per heavy atom. The Bertz CT molecular complexity index is 2500. The van der Waals surface area contributed by atoms with Crippen LogP contribution >= 0.6 is 0 Å². The maximum absolute atomic E-state index is 7.07. The summed E-state index contributed by atoms with van der Waals surface area (Å²) in [5.41, 5.74) is 14.0. The highest BCUT2D eigenvalue weighted by molar-refractivity contribution is 6.05. The number of rotatable bonds is 3. The fourth-order valence-electron chi connectivity index (χ4n) is 8.14. The van der Waals surface area contributed by atoms with E-state index in [-0.39, 0.29) is 36.3 Å². The molecule has 5 aliphatic heterocycles. The van der Waals surface area contributed by atoms with Crippen LogP contribution in [0.1, 0.15) is 33.4 Å². The van der Waals surface area contributed by atoms with Gasteiger partial charge in [-0.05, 0) is 61.7 Å². The molecule has 9 rings (SSSR count). The van der Waals surface area contributed by atoms with Crippen molar-refractivity contribution < 1.29 is 4.42 Å². The van der Waals surface area contributed by atoms with E-state index in [1.54, 1.807) is 0 Å². The highest BCUT2D eigenvalue weighted by atomic mass is 16.3. The van der Waals surface area contributed by atoms with Crippen LogP contribution < -0.4 is 26.8 Å². The summed E-state index contributed by atoms with van der Waals surface area (Å²) < 4.78 is 7.07. The van der Waals surface area contributed by atoms with Crippen molar-refractivity contribution >= 4 is 22.4 Å². The topological polar surface area (TPSA) is 61.6 Å². The van der Waals surface area contributed by atoms with Crippen molar-refractivity contribution in [2.75, 3.05) is 0 Å². The summed E-state index contributed by atoms with van der Waals surface area (Å²) in [6.45, 7) is 6.40. The lowest BCUT2D eigenvalue weighted by Crippen LogP contribution is -2.52. The van der Waals surface area contributed by atoms with Crippen molar-refractivity contribution in [3.63, 3.8) is 0 Å². The predicted molar refractivity (Wildman–Crippen MR) is 227 cm³/mol. The molecule has 0 fully saturated rings. The van der Waals surface area contributed by atoms with Crippen molar-refractivity contribution in [1.82, 2.24) is 16.0 Å². The second-order valence-electron chi connectivity index (χ2n) is 15.0. The zero-order valence-corrected chi connectivity index (χ0v) is 31.5. The first-order valence-corrected chi connectivity index (χ1v) is 19.4. The molecule has 55 heavy (non-hydrogen) atoms. The van der Waals surface area contributed by atoms with Crippen LogP contribution in [0.4, 0.5) is 0 Å². The van der Waals surface area contributed by atoms with E-state index in [4.69, 9.17) is 9.41 Å². The minimum absolute atomic E-state index is 0.0291. The van der Waals surface area contributed by atoms with Crippen molar-refractivity contribution in [3.05, 3.63) is 220 Å². The van der Waals surface area contributed by atoms with Crippen molar-refractivity contribution in [2.45, 2.75) is 57.0 Å². The molecule has 6 heterocycles. The van der Waals surface area contributed by atoms with Crippen molar-refractivity contribution in [3.8, 4) is 0 Å². The van der Waals surface area contributed by atoms with Gasteiger partial charge < -0.3 is 4.42 Å². The second-order valence-corrected chi connectivity index (χ2v) is 15.0. The summed E-state index contributed by atoms with van der Waals surface area (Å²) in [6.07, 6.45) is 30.7. The number of nitrogens with zero attached hydrogens (tertiary/aromatic N) is 1. The van der Waals surface area contributed by atoms with Gasteiger partial charge in [-0.3, -0.25) is 20.9 Å². The molecule has 3 N–H and O–H groups in total. The van der Waals surface area contributed by atoms with Crippen LogP contribution in [0.2, 0.25) is 0 Å². The SMILES string of the molecule is Cc1ccc(/C2=C3\C=CC(=N3)C3C=CC=CC(N3)/C(c3ccc(C)cc3)=c3/cc/c(o3)=C(\c3ccc(C)cc3)C3C=CC=CC(N3)C3C=CC=CC2N3)cc1. The zero-order valence-electron chi connectivity index (χ0n) is 31.5. The average Bonchev–Trinajstić information content (AvgIpc) is 3.60. The third kappa shape index (κ3) is 7.22. The van der Waals surface area contributed by atoms with Gasteiger partial charge in [0.1, 0.15) is 10.8 Å². The van der Waals surface area contributed by atoms with Crippen LogP contribution in [0.5, 0.6) is 0 Å². The van der Waals surface area contributed by atoms with E-state index >= 15 is 0 Å². The summed E-state index contributed by atoms with van der Waals surface area (Å²) in [5, 5.41) is 12.1. The summed E-state index contributed by atoms with van der Waals surface area (Å²) in [4.78, 5) is 5.40. The minimum Gasteiger partial charge on any atom is -0.457 e. The van der Waals surface area contributed by atoms with Gasteiger partial charge in [-0.25, -0.2) is 0 Å². The van der Waals surface area contributed by atoms with Crippen LogP contribution in [0.3, 0.4) is 0 Å². The summed E-state index contributed by atoms with van der Waals surface area (Å²) in [6, 6.07) is 30.1. The van der Waals surface area contributed by atoms with E-state index in [1.807, 2.05) is 0 Å². The van der Waals surface area contributed by atoms with Gasteiger partial charge >= 0.3 is 0 Å². The van der Waals surface area contributed by atoms with E-state index in [0.717, 1.165) is 55.6 Å². The van der Waals surface area contributed by atoms with Crippen LogP contribution in [0.25, 0.3) is 16.7 Å². The van der Waals surface area contributed by atoms with E-state index in [0.29, 0.717) is 0 Å². The maximum Gasteiger partial charge on any atom is 0.133 e. The van der Waals surface area contributed by atoms with Gasteiger partial charge in [-0.15, -0.1) is 0 Å². The first-order valence-electron chi connectivity index (χ1n) is 19.4. The number of hydrogen-bond donors (Lipinski definition) is 3. The summed E-state index contributed by atoms with van der Waals surface area (Å²) in [5.74, 6) is 0. The van der Waals surface area contributed by atoms with Gasteiger partial charge in [0, 0.05) is 28.8 Å². The van der Waals surface area contributed by atoms with Crippen LogP contribution in [-0.4, -0.2) is 42.0 Å². The van der Waals surface area contributed by atoms with Gasteiger partial charge in [-0.1, -0.05) is 162 Å². The molecule has 5 nitrogen and oxygen atoms in total. The molecule has 0 radical (unpaired) electrons. The van der Waals surface area contributed by atoms with Gasteiger partial charge in [0.2, 0.25) is 0 Å². The number of aryl methyl sites for hydroxylation is 3. The molecule has 0 amide bonds. The quantitative estimate of drug-likeness (QED) is 0.207. The van der Waals surface area contributed by atoms with E-state index < -0.39 is 0 Å². The van der Waals surface area contributed by atoms with E-state index in [2.05, 4.69) is 207 Å². The van der Waals surface area contributed by atoms with Gasteiger partial charge in [0.05, 0.1) is 35.6 Å². The number of allylic oxidation sites excluding steroid dienone is 7. The zero-order chi connectivity index (χ0) is 37.3. The molecule has 6 unspecified atom stereocenters. The Hall–Kier alpha value is -5.85. The molecule has 0 spiro atoms. The normalized spacial score (nSPS) is 29.0. The fraction of sp³-hybridized carbons (Fsp3) is 0.180. The molecule has 0 aliphatic carbocycles. The molecule has 6 atom stereocenters. The van der Waals surface area contributed by atoms with Crippen LogP contribution in [0.15, 0.2) is 185 Å². The highest BCUT2D eigenvalue weighted by Crippen LogP contribution is 2.31. The minimum atomic E-state index is -0.160. The van der Waals surface area contributed by atoms with Crippen LogP contribution in [0, 0.1) is 20.8 Å². The first kappa shape index (κ1) is 34.9. The van der Waals surface area contributed by atoms with Gasteiger partial charge in [-0.2, -0.15) is 0 Å². The van der Waals surface area contributed by atoms with E-state index in [1.165, 1.54) is 16.7 Å². The third-order valence-electron chi connectivity index (χ3n) is 11.1. The average molecular weight is 719 g/mol. The Labute approximate surface area is 323 Å². The fourth-order valence-corrected chi connectivity index (χ4v) is 8.14. The van der Waals surface area contributed by atoms with Crippen LogP contribution in [-0.2, 0) is 0 Å². The predicted octanol–water partition coefficient (Wildman–Crippen LogP) is 7.40. The number of aliphatic imine (C=N–C) groups is 1. The number of nitrogens with one attached hydrogen (secondary N) is 3. The van der Waals surface area contributed by atoms with E-state index in [9.17, 15) is 0 Å². The Morgan fingerprint density at radius 1 is 0.418 bits per heavy atom. The molecule has 0 saturated carbocycles. The Morgan fingerprint density at radius 2 is 0.818 bits per heavy atom. The lowest BCUT2D eigenvalue weighted by Gasteiger charge is -2.31. The molecular weight excluding hydrogens is 673 g/mol. The number of fused-ring (bicyclic) bond motifs is 11. The molecular formula is C50H46N4O. The smallest absolute Gasteiger partial charge is 0.133 e. The second kappa shape index (κ2) is 15.1. The molecule has 1 aromatic heterocycles. The lowest BCUT2D eigenvalue weighted by molar-refractivity contribution is 0.460. The Kier molecular flexibility index (Phi) is 9.59. The first-order chi connectivity index (χ1) is 27.0. The summed E-state index contributed by atoms with van der Waals surface area (Å²) in [7, 11) is 0. The molecule has 10 bridgehead atoms. The molecule has 3 aromatic carbocycles. The highest BCUT2D eigenvalue weighted by Gasteiger charge is 2.30. The largest absolute Gasteiger partial charge is 0.457 e. The molecule has 5 aliphatic rings. The van der Waals surface area contributed by atoms with Gasteiger partial charge in [0.25, 0.3) is 0 Å². The lowest BCUT2D eigenvalue weighted by atomic mass is 9.93. The number of hydrogen-bond acceptors (Lipinski definition) is 5. The monoisotopic (exact) mass is 718 g/mol. The molecule has 272 valence electrons. The van der Waals surface area contributed by atoms with Gasteiger partial charge in [0.15, 0.2) is 0 Å². The van der Waals surface area contributed by atoms with Crippen molar-refractivity contribution in [1.29, 1.82) is 0 Å². The van der Waals surface area contributed by atoms with Crippen molar-refractivity contribution in [2.24, 2.45) is 4.99 Å². The third-order valence-corrected chi connectivity index (χ3v) is 11.1. The number of benzene rings is 3.